The number of rotatable bonds is 7. The third kappa shape index (κ3) is 4.83. The van der Waals surface area contributed by atoms with Crippen LogP contribution >= 0.6 is 27.3 Å². The molecule has 4 rings (SSSR count). The average molecular weight is 573 g/mol. The molecule has 0 bridgehead atoms. The molecule has 0 aliphatic carbocycles. The minimum absolute atomic E-state index is 0.0421. The summed E-state index contributed by atoms with van der Waals surface area (Å²) in [5, 5.41) is 10.3. The number of hydrogen-bond acceptors (Lipinski definition) is 8. The summed E-state index contributed by atoms with van der Waals surface area (Å²) >= 11 is 4.58. The molecular weight excluding hydrogens is 548 g/mol. The highest BCUT2D eigenvalue weighted by Crippen LogP contribution is 2.36. The normalized spacial score (nSPS) is 15.4. The molecule has 1 aromatic heterocycles. The number of aromatic nitrogens is 1. The van der Waals surface area contributed by atoms with Gasteiger partial charge in [0.25, 0.3) is 5.56 Å². The van der Waals surface area contributed by atoms with E-state index in [1.807, 2.05) is 6.92 Å². The van der Waals surface area contributed by atoms with Crippen molar-refractivity contribution in [2.45, 2.75) is 26.8 Å². The van der Waals surface area contributed by atoms with E-state index in [0.29, 0.717) is 44.3 Å². The van der Waals surface area contributed by atoms with Crippen molar-refractivity contribution in [2.75, 3.05) is 20.3 Å². The molecule has 0 saturated heterocycles. The number of hydrogen-bond donors (Lipinski definition) is 1. The molecule has 1 N–H and O–H groups in total. The van der Waals surface area contributed by atoms with Gasteiger partial charge in [-0.25, -0.2) is 9.79 Å². The summed E-state index contributed by atoms with van der Waals surface area (Å²) in [6.45, 7) is 5.91. The van der Waals surface area contributed by atoms with E-state index in [0.717, 1.165) is 4.47 Å². The second-order valence-corrected chi connectivity index (χ2v) is 9.77. The molecule has 1 atom stereocenters. The molecule has 10 heteroatoms. The first-order valence-electron chi connectivity index (χ1n) is 11.3. The Labute approximate surface area is 219 Å². The van der Waals surface area contributed by atoms with Gasteiger partial charge in [0.1, 0.15) is 5.75 Å². The molecule has 2 aromatic carbocycles. The third-order valence-electron chi connectivity index (χ3n) is 5.60. The van der Waals surface area contributed by atoms with Gasteiger partial charge in [0.05, 0.1) is 42.2 Å². The summed E-state index contributed by atoms with van der Waals surface area (Å²) in [6.07, 6.45) is 1.62. The lowest BCUT2D eigenvalue weighted by molar-refractivity contribution is -0.139. The number of fused-ring (bicyclic) bond motifs is 1. The minimum atomic E-state index is -0.788. The van der Waals surface area contributed by atoms with Crippen LogP contribution in [0.25, 0.3) is 6.08 Å². The summed E-state index contributed by atoms with van der Waals surface area (Å²) in [5.41, 5.74) is 1.52. The Morgan fingerprint density at radius 1 is 1.19 bits per heavy atom. The maximum Gasteiger partial charge on any atom is 0.338 e. The number of phenolic OH excluding ortho intramolecular Hbond substituents is 1. The monoisotopic (exact) mass is 572 g/mol. The molecule has 0 spiro atoms. The Kier molecular flexibility index (Phi) is 7.65. The lowest BCUT2D eigenvalue weighted by Crippen LogP contribution is -2.40. The Morgan fingerprint density at radius 3 is 2.67 bits per heavy atom. The van der Waals surface area contributed by atoms with Crippen molar-refractivity contribution in [3.63, 3.8) is 0 Å². The van der Waals surface area contributed by atoms with Crippen molar-refractivity contribution >= 4 is 39.3 Å². The fourth-order valence-corrected chi connectivity index (χ4v) is 5.44. The summed E-state index contributed by atoms with van der Waals surface area (Å²) in [7, 11) is 1.55. The van der Waals surface area contributed by atoms with E-state index >= 15 is 0 Å². The van der Waals surface area contributed by atoms with Crippen LogP contribution in [-0.4, -0.2) is 36.0 Å². The number of halogens is 1. The van der Waals surface area contributed by atoms with E-state index in [-0.39, 0.29) is 23.5 Å². The summed E-state index contributed by atoms with van der Waals surface area (Å²) in [5.74, 6) is 0.532. The number of nitrogens with zero attached hydrogens (tertiary/aromatic N) is 2. The predicted molar refractivity (Wildman–Crippen MR) is 140 cm³/mol. The standard InChI is InChI=1S/C26H25BrN2O6S/c1-5-34-20-12-15(7-10-19(20)33-4)23-22(25(32)35-6-2)14(3)28-26-29(23)24(31)21(36-26)13-16-11-17(27)8-9-18(16)30/h7-13,23,30H,5-6H2,1-4H3. The Morgan fingerprint density at radius 2 is 1.97 bits per heavy atom. The molecular formula is C26H25BrN2O6S. The van der Waals surface area contributed by atoms with E-state index in [4.69, 9.17) is 14.2 Å². The van der Waals surface area contributed by atoms with Gasteiger partial charge in [-0.1, -0.05) is 33.3 Å². The van der Waals surface area contributed by atoms with E-state index < -0.39 is 12.0 Å². The third-order valence-corrected chi connectivity index (χ3v) is 7.07. The zero-order chi connectivity index (χ0) is 26.0. The number of ether oxygens (including phenoxy) is 3. The zero-order valence-corrected chi connectivity index (χ0v) is 22.6. The van der Waals surface area contributed by atoms with Gasteiger partial charge in [0.15, 0.2) is 16.3 Å². The number of benzene rings is 2. The number of allylic oxidation sites excluding steroid dienone is 1. The molecule has 188 valence electrons. The number of thiazole rings is 1. The van der Waals surface area contributed by atoms with Crippen LogP contribution in [0.4, 0.5) is 0 Å². The summed E-state index contributed by atoms with van der Waals surface area (Å²) in [4.78, 5) is 31.8. The van der Waals surface area contributed by atoms with Crippen LogP contribution in [0.2, 0.25) is 0 Å². The smallest absolute Gasteiger partial charge is 0.338 e. The number of carbonyl (C=O) groups is 1. The lowest BCUT2D eigenvalue weighted by atomic mass is 9.95. The second-order valence-electron chi connectivity index (χ2n) is 7.85. The molecule has 36 heavy (non-hydrogen) atoms. The number of aromatic hydroxyl groups is 1. The van der Waals surface area contributed by atoms with Crippen LogP contribution in [0, 0.1) is 0 Å². The zero-order valence-electron chi connectivity index (χ0n) is 20.2. The van der Waals surface area contributed by atoms with Gasteiger partial charge in [-0.15, -0.1) is 0 Å². The van der Waals surface area contributed by atoms with E-state index in [1.165, 1.54) is 15.9 Å². The van der Waals surface area contributed by atoms with Crippen molar-refractivity contribution in [1.29, 1.82) is 0 Å². The SMILES string of the molecule is CCOC(=O)C1=C(C)N=c2sc(=Cc3cc(Br)ccc3O)c(=O)n2C1c1ccc(OC)c(OCC)c1. The average Bonchev–Trinajstić information content (AvgIpc) is 3.15. The Bertz CT molecular complexity index is 1540. The van der Waals surface area contributed by atoms with Gasteiger partial charge >= 0.3 is 5.97 Å². The molecule has 3 aromatic rings. The fraction of sp³-hybridized carbons (Fsp3) is 0.269. The van der Waals surface area contributed by atoms with Gasteiger partial charge in [-0.2, -0.15) is 0 Å². The largest absolute Gasteiger partial charge is 0.507 e. The highest BCUT2D eigenvalue weighted by molar-refractivity contribution is 9.10. The predicted octanol–water partition coefficient (Wildman–Crippen LogP) is 3.67. The van der Waals surface area contributed by atoms with Gasteiger partial charge in [-0.3, -0.25) is 9.36 Å². The topological polar surface area (TPSA) is 99.4 Å². The van der Waals surface area contributed by atoms with Crippen LogP contribution in [0.15, 0.2) is 61.9 Å². The highest BCUT2D eigenvalue weighted by atomic mass is 79.9. The van der Waals surface area contributed by atoms with Gasteiger partial charge < -0.3 is 19.3 Å². The maximum atomic E-state index is 13.7. The second kappa shape index (κ2) is 10.7. The number of methoxy groups -OCH3 is 1. The molecule has 8 nitrogen and oxygen atoms in total. The van der Waals surface area contributed by atoms with Crippen molar-refractivity contribution in [1.82, 2.24) is 4.57 Å². The van der Waals surface area contributed by atoms with Crippen LogP contribution in [-0.2, 0) is 9.53 Å². The van der Waals surface area contributed by atoms with E-state index in [1.54, 1.807) is 63.4 Å². The Hall–Kier alpha value is -3.37. The van der Waals surface area contributed by atoms with E-state index in [2.05, 4.69) is 20.9 Å². The van der Waals surface area contributed by atoms with Crippen LogP contribution in [0.5, 0.6) is 17.2 Å². The first kappa shape index (κ1) is 25.7. The first-order chi connectivity index (χ1) is 17.3. The molecule has 0 saturated carbocycles. The van der Waals surface area contributed by atoms with Gasteiger partial charge in [0, 0.05) is 10.0 Å². The molecule has 0 amide bonds. The summed E-state index contributed by atoms with van der Waals surface area (Å²) < 4.78 is 19.1. The minimum Gasteiger partial charge on any atom is -0.507 e. The van der Waals surface area contributed by atoms with Crippen molar-refractivity contribution in [2.24, 2.45) is 4.99 Å². The summed E-state index contributed by atoms with van der Waals surface area (Å²) in [6, 6.07) is 9.49. The molecule has 2 heterocycles. The number of phenols is 1. The van der Waals surface area contributed by atoms with Crippen molar-refractivity contribution in [3.8, 4) is 17.2 Å². The first-order valence-corrected chi connectivity index (χ1v) is 12.9. The molecule has 0 radical (unpaired) electrons. The molecule has 0 fully saturated rings. The highest BCUT2D eigenvalue weighted by Gasteiger charge is 2.34. The fourth-order valence-electron chi connectivity index (χ4n) is 4.02. The van der Waals surface area contributed by atoms with Gasteiger partial charge in [0.2, 0.25) is 0 Å². The lowest BCUT2D eigenvalue weighted by Gasteiger charge is -2.25. The molecule has 1 aliphatic rings. The Balaban J connectivity index is 1.98. The van der Waals surface area contributed by atoms with Crippen LogP contribution in [0.3, 0.4) is 0 Å². The quantitative estimate of drug-likeness (QED) is 0.434. The van der Waals surface area contributed by atoms with E-state index in [9.17, 15) is 14.7 Å². The number of esters is 1. The van der Waals surface area contributed by atoms with Gasteiger partial charge in [-0.05, 0) is 62.7 Å². The van der Waals surface area contributed by atoms with Crippen molar-refractivity contribution in [3.05, 3.63) is 83.0 Å². The molecule has 1 unspecified atom stereocenters. The van der Waals surface area contributed by atoms with Crippen LogP contribution < -0.4 is 24.4 Å². The molecule has 1 aliphatic heterocycles. The van der Waals surface area contributed by atoms with Crippen molar-refractivity contribution < 1.29 is 24.1 Å². The number of carbonyl (C=O) groups excluding carboxylic acids is 1. The maximum absolute atomic E-state index is 13.7. The van der Waals surface area contributed by atoms with Crippen LogP contribution in [0.1, 0.15) is 37.9 Å².